The molecule has 14 heteroatoms. The lowest BCUT2D eigenvalue weighted by Crippen LogP contribution is -2.60. The van der Waals surface area contributed by atoms with E-state index in [-0.39, 0.29) is 31.1 Å². The van der Waals surface area contributed by atoms with Crippen LogP contribution in [0.1, 0.15) is 64.0 Å². The van der Waals surface area contributed by atoms with E-state index >= 15 is 0 Å². The van der Waals surface area contributed by atoms with E-state index in [0.717, 1.165) is 24.0 Å². The molecular formula is C38H55N7O6S. The molecule has 1 saturated heterocycles. The average Bonchev–Trinajstić information content (AvgIpc) is 3.13. The Kier molecular flexibility index (Phi) is 17.6. The van der Waals surface area contributed by atoms with Crippen molar-refractivity contribution in [1.29, 1.82) is 0 Å². The van der Waals surface area contributed by atoms with E-state index in [1.54, 1.807) is 0 Å². The summed E-state index contributed by atoms with van der Waals surface area (Å²) in [5.74, 6) is -2.65. The molecule has 6 atom stereocenters. The molecule has 0 radical (unpaired) electrons. The zero-order valence-electron chi connectivity index (χ0n) is 30.6. The summed E-state index contributed by atoms with van der Waals surface area (Å²) in [4.78, 5) is 79.6. The highest BCUT2D eigenvalue weighted by atomic mass is 32.2. The second kappa shape index (κ2) is 21.8. The van der Waals surface area contributed by atoms with Crippen molar-refractivity contribution in [3.8, 4) is 0 Å². The Morgan fingerprint density at radius 1 is 0.712 bits per heavy atom. The van der Waals surface area contributed by atoms with E-state index in [0.29, 0.717) is 25.1 Å². The largest absolute Gasteiger partial charge is 0.368 e. The van der Waals surface area contributed by atoms with E-state index < -0.39 is 65.8 Å². The molecule has 2 aromatic rings. The Hall–Kier alpha value is -4.43. The maximum Gasteiger partial charge on any atom is 0.243 e. The number of hydrogen-bond acceptors (Lipinski definition) is 8. The van der Waals surface area contributed by atoms with Gasteiger partial charge in [-0.15, -0.1) is 0 Å². The number of piperidine rings is 1. The number of hydrogen-bond donors (Lipinski definition) is 7. The van der Waals surface area contributed by atoms with Gasteiger partial charge in [-0.3, -0.25) is 28.8 Å². The summed E-state index contributed by atoms with van der Waals surface area (Å²) in [6.45, 7) is 5.99. The molecule has 0 aliphatic carbocycles. The second-order valence-corrected chi connectivity index (χ2v) is 14.7. The minimum atomic E-state index is -1.10. The summed E-state index contributed by atoms with van der Waals surface area (Å²) >= 11 is 1.51. The molecule has 0 spiro atoms. The number of nitrogens with one attached hydrogen (secondary N) is 6. The number of thioether (sulfide) groups is 1. The van der Waals surface area contributed by atoms with Gasteiger partial charge < -0.3 is 37.6 Å². The first-order valence-corrected chi connectivity index (χ1v) is 19.4. The minimum absolute atomic E-state index is 0.0165. The van der Waals surface area contributed by atoms with Crippen LogP contribution >= 0.6 is 11.8 Å². The Morgan fingerprint density at radius 2 is 1.23 bits per heavy atom. The lowest BCUT2D eigenvalue weighted by Gasteiger charge is -2.28. The minimum Gasteiger partial charge on any atom is -0.368 e. The molecule has 0 unspecified atom stereocenters. The van der Waals surface area contributed by atoms with E-state index in [4.69, 9.17) is 5.73 Å². The number of carbonyl (C=O) groups is 6. The first-order valence-electron chi connectivity index (χ1n) is 18.0. The molecule has 8 N–H and O–H groups in total. The maximum atomic E-state index is 13.9. The normalized spacial score (nSPS) is 17.1. The summed E-state index contributed by atoms with van der Waals surface area (Å²) < 4.78 is 0. The lowest BCUT2D eigenvalue weighted by molar-refractivity contribution is -0.135. The van der Waals surface area contributed by atoms with Gasteiger partial charge in [-0.2, -0.15) is 11.8 Å². The number of amides is 6. The molecule has 1 heterocycles. The van der Waals surface area contributed by atoms with Crippen molar-refractivity contribution in [3.63, 3.8) is 0 Å². The van der Waals surface area contributed by atoms with Gasteiger partial charge in [0.2, 0.25) is 35.4 Å². The van der Waals surface area contributed by atoms with E-state index in [1.165, 1.54) is 18.7 Å². The summed E-state index contributed by atoms with van der Waals surface area (Å²) in [6, 6.07) is 13.0. The SMILES string of the molecule is CSCC[C@H](NC(=O)[C@H](CC(C)C)NC(=O)[C@@H](C)NC(=O)[C@H](Cc1ccccc1)NC(=O)[C@H](Cc1ccccc1)NC(=O)[C@@H]1CCCCN1)C(N)=O. The highest BCUT2D eigenvalue weighted by Crippen LogP contribution is 2.11. The van der Waals surface area contributed by atoms with Crippen LogP contribution in [0, 0.1) is 5.92 Å². The second-order valence-electron chi connectivity index (χ2n) is 13.7. The number of primary amides is 1. The number of rotatable bonds is 20. The van der Waals surface area contributed by atoms with Crippen molar-refractivity contribution in [1.82, 2.24) is 31.9 Å². The van der Waals surface area contributed by atoms with Crippen LogP contribution in [-0.2, 0) is 41.6 Å². The molecule has 1 fully saturated rings. The molecule has 1 aliphatic rings. The third-order valence-corrected chi connectivity index (χ3v) is 9.46. The number of benzene rings is 2. The van der Waals surface area contributed by atoms with Gasteiger partial charge in [0.05, 0.1) is 6.04 Å². The molecule has 52 heavy (non-hydrogen) atoms. The first-order chi connectivity index (χ1) is 24.9. The van der Waals surface area contributed by atoms with Gasteiger partial charge in [-0.05, 0) is 68.2 Å². The molecule has 6 amide bonds. The molecule has 284 valence electrons. The van der Waals surface area contributed by atoms with Gasteiger partial charge in [0.25, 0.3) is 0 Å². The van der Waals surface area contributed by atoms with Crippen LogP contribution in [0.25, 0.3) is 0 Å². The summed E-state index contributed by atoms with van der Waals surface area (Å²) in [5.41, 5.74) is 7.12. The van der Waals surface area contributed by atoms with Crippen molar-refractivity contribution < 1.29 is 28.8 Å². The van der Waals surface area contributed by atoms with Crippen LogP contribution in [0.2, 0.25) is 0 Å². The average molecular weight is 738 g/mol. The van der Waals surface area contributed by atoms with Gasteiger partial charge in [0.15, 0.2) is 0 Å². The molecule has 0 aromatic heterocycles. The molecule has 3 rings (SSSR count). The van der Waals surface area contributed by atoms with Gasteiger partial charge in [-0.25, -0.2) is 0 Å². The lowest BCUT2D eigenvalue weighted by atomic mass is 10.0. The fourth-order valence-electron chi connectivity index (χ4n) is 5.91. The fraction of sp³-hybridized carbons (Fsp3) is 0.526. The van der Waals surface area contributed by atoms with Gasteiger partial charge >= 0.3 is 0 Å². The van der Waals surface area contributed by atoms with Crippen LogP contribution in [0.3, 0.4) is 0 Å². The van der Waals surface area contributed by atoms with E-state index in [9.17, 15) is 28.8 Å². The van der Waals surface area contributed by atoms with Crippen LogP contribution in [0.4, 0.5) is 0 Å². The maximum absolute atomic E-state index is 13.9. The van der Waals surface area contributed by atoms with Crippen LogP contribution < -0.4 is 37.6 Å². The topological polar surface area (TPSA) is 201 Å². The van der Waals surface area contributed by atoms with E-state index in [2.05, 4.69) is 31.9 Å². The molecule has 1 aliphatic heterocycles. The van der Waals surface area contributed by atoms with Crippen molar-refractivity contribution in [3.05, 3.63) is 71.8 Å². The summed E-state index contributed by atoms with van der Waals surface area (Å²) in [7, 11) is 0. The third kappa shape index (κ3) is 14.3. The standard InChI is InChI=1S/C38H55N7O6S/c1-24(2)21-30(37(50)42-28(33(39)46)18-20-52-4)43-34(47)25(3)41-36(49)31(22-26-13-7-5-8-14-26)45-38(51)32(23-27-15-9-6-10-16-27)44-35(48)29-17-11-12-19-40-29/h5-10,13-16,24-25,28-32,40H,11-12,17-23H2,1-4H3,(H2,39,46)(H,41,49)(H,42,50)(H,43,47)(H,44,48)(H,45,51)/t25-,28+,29+,30+,31+,32+/m1/s1. The van der Waals surface area contributed by atoms with Gasteiger partial charge in [0, 0.05) is 12.8 Å². The Bertz CT molecular complexity index is 1470. The van der Waals surface area contributed by atoms with Gasteiger partial charge in [-0.1, -0.05) is 80.9 Å². The highest BCUT2D eigenvalue weighted by molar-refractivity contribution is 7.98. The van der Waals surface area contributed by atoms with Gasteiger partial charge in [0.1, 0.15) is 30.2 Å². The monoisotopic (exact) mass is 737 g/mol. The third-order valence-electron chi connectivity index (χ3n) is 8.82. The molecule has 0 bridgehead atoms. The molecular weight excluding hydrogens is 683 g/mol. The van der Waals surface area contributed by atoms with Crippen molar-refractivity contribution in [2.45, 2.75) is 102 Å². The molecule has 13 nitrogen and oxygen atoms in total. The fourth-order valence-corrected chi connectivity index (χ4v) is 6.38. The first kappa shape index (κ1) is 42.0. The number of carbonyl (C=O) groups excluding carboxylic acids is 6. The smallest absolute Gasteiger partial charge is 0.243 e. The highest BCUT2D eigenvalue weighted by Gasteiger charge is 2.32. The summed E-state index contributed by atoms with van der Waals surface area (Å²) in [6.07, 6.45) is 5.37. The summed E-state index contributed by atoms with van der Waals surface area (Å²) in [5, 5.41) is 17.0. The van der Waals surface area contributed by atoms with Crippen molar-refractivity contribution in [2.24, 2.45) is 11.7 Å². The van der Waals surface area contributed by atoms with Crippen molar-refractivity contribution >= 4 is 47.2 Å². The zero-order chi connectivity index (χ0) is 38.0. The van der Waals surface area contributed by atoms with Crippen LogP contribution in [-0.4, -0.2) is 90.2 Å². The Morgan fingerprint density at radius 3 is 1.75 bits per heavy atom. The Balaban J connectivity index is 1.77. The predicted molar refractivity (Wildman–Crippen MR) is 203 cm³/mol. The predicted octanol–water partition coefficient (Wildman–Crippen LogP) is 1.34. The molecule has 2 aromatic carbocycles. The number of nitrogens with two attached hydrogens (primary N) is 1. The van der Waals surface area contributed by atoms with Crippen LogP contribution in [0.15, 0.2) is 60.7 Å². The quantitative estimate of drug-likeness (QED) is 0.106. The van der Waals surface area contributed by atoms with Crippen LogP contribution in [0.5, 0.6) is 0 Å². The zero-order valence-corrected chi connectivity index (χ0v) is 31.4. The Labute approximate surface area is 311 Å². The molecule has 0 saturated carbocycles. The van der Waals surface area contributed by atoms with Crippen molar-refractivity contribution in [2.75, 3.05) is 18.6 Å². The van der Waals surface area contributed by atoms with E-state index in [1.807, 2.05) is 80.8 Å².